The van der Waals surface area contributed by atoms with Gasteiger partial charge in [0.05, 0.1) is 0 Å². The third kappa shape index (κ3) is 3.49. The lowest BCUT2D eigenvalue weighted by Gasteiger charge is -2.16. The molecule has 1 aliphatic heterocycles. The summed E-state index contributed by atoms with van der Waals surface area (Å²) in [6.07, 6.45) is 1.87. The van der Waals surface area contributed by atoms with Crippen LogP contribution in [0.3, 0.4) is 0 Å². The lowest BCUT2D eigenvalue weighted by molar-refractivity contribution is -0.117. The van der Waals surface area contributed by atoms with E-state index in [0.29, 0.717) is 28.4 Å². The molecular formula is C20H20N2O4. The highest BCUT2D eigenvalue weighted by molar-refractivity contribution is 6.05. The number of amides is 2. The van der Waals surface area contributed by atoms with Crippen LogP contribution in [0.15, 0.2) is 42.5 Å². The first-order valence-electron chi connectivity index (χ1n) is 8.64. The lowest BCUT2D eigenvalue weighted by atomic mass is 10.1. The van der Waals surface area contributed by atoms with Gasteiger partial charge < -0.3 is 20.1 Å². The second kappa shape index (κ2) is 6.05. The fraction of sp³-hybridized carbons (Fsp3) is 0.300. The predicted molar refractivity (Wildman–Crippen MR) is 97.5 cm³/mol. The van der Waals surface area contributed by atoms with E-state index in [1.807, 2.05) is 13.8 Å². The van der Waals surface area contributed by atoms with Gasteiger partial charge in [0.1, 0.15) is 0 Å². The fourth-order valence-electron chi connectivity index (χ4n) is 2.83. The lowest BCUT2D eigenvalue weighted by Crippen LogP contribution is -2.29. The average Bonchev–Trinajstić information content (AvgIpc) is 3.38. The Hall–Kier alpha value is -3.02. The zero-order valence-electron chi connectivity index (χ0n) is 14.7. The molecular weight excluding hydrogens is 332 g/mol. The fourth-order valence-corrected chi connectivity index (χ4v) is 2.83. The smallest absolute Gasteiger partial charge is 0.255 e. The first-order chi connectivity index (χ1) is 12.4. The van der Waals surface area contributed by atoms with Crippen LogP contribution in [0.1, 0.15) is 37.0 Å². The summed E-state index contributed by atoms with van der Waals surface area (Å²) >= 11 is 0. The van der Waals surface area contributed by atoms with E-state index in [0.717, 1.165) is 12.8 Å². The molecule has 2 N–H and O–H groups in total. The maximum atomic E-state index is 12.5. The number of hydrogen-bond donors (Lipinski definition) is 2. The first kappa shape index (κ1) is 16.4. The molecule has 0 aromatic heterocycles. The predicted octanol–water partition coefficient (Wildman–Crippen LogP) is 3.79. The molecule has 26 heavy (non-hydrogen) atoms. The molecule has 0 spiro atoms. The molecule has 6 nitrogen and oxygen atoms in total. The van der Waals surface area contributed by atoms with Crippen LogP contribution in [-0.4, -0.2) is 17.6 Å². The van der Waals surface area contributed by atoms with Gasteiger partial charge in [0.25, 0.3) is 5.91 Å². The highest BCUT2D eigenvalue weighted by Crippen LogP contribution is 2.40. The van der Waals surface area contributed by atoms with E-state index in [1.165, 1.54) is 0 Å². The van der Waals surface area contributed by atoms with Gasteiger partial charge in [-0.25, -0.2) is 0 Å². The van der Waals surface area contributed by atoms with Crippen molar-refractivity contribution in [2.24, 2.45) is 5.92 Å². The van der Waals surface area contributed by atoms with Gasteiger partial charge in [-0.15, -0.1) is 0 Å². The van der Waals surface area contributed by atoms with Gasteiger partial charge in [0, 0.05) is 42.8 Å². The van der Waals surface area contributed by atoms with E-state index < -0.39 is 5.79 Å². The summed E-state index contributed by atoms with van der Waals surface area (Å²) in [5.74, 6) is 0.409. The Morgan fingerprint density at radius 2 is 1.69 bits per heavy atom. The minimum Gasteiger partial charge on any atom is -0.449 e. The highest BCUT2D eigenvalue weighted by Gasteiger charge is 2.32. The van der Waals surface area contributed by atoms with Crippen molar-refractivity contribution in [1.82, 2.24) is 0 Å². The van der Waals surface area contributed by atoms with Crippen molar-refractivity contribution in [2.45, 2.75) is 32.5 Å². The standard InChI is InChI=1S/C20H20N2O4/c1-20(2)25-16-9-8-15(11-17(16)26-20)22-19(24)13-4-3-5-14(10-13)21-18(23)12-6-7-12/h3-5,8-12H,6-7H2,1-2H3,(H,21,23)(H,22,24). The Bertz CT molecular complexity index is 887. The molecule has 1 aliphatic carbocycles. The third-order valence-corrected chi connectivity index (χ3v) is 4.25. The van der Waals surface area contributed by atoms with Crippen LogP contribution >= 0.6 is 0 Å². The normalized spacial score (nSPS) is 16.8. The molecule has 1 heterocycles. The summed E-state index contributed by atoms with van der Waals surface area (Å²) in [5.41, 5.74) is 1.71. The highest BCUT2D eigenvalue weighted by atomic mass is 16.7. The number of hydrogen-bond acceptors (Lipinski definition) is 4. The maximum absolute atomic E-state index is 12.5. The number of anilines is 2. The number of rotatable bonds is 4. The summed E-state index contributed by atoms with van der Waals surface area (Å²) in [6, 6.07) is 12.2. The molecule has 2 aromatic rings. The number of nitrogens with one attached hydrogen (secondary N) is 2. The third-order valence-electron chi connectivity index (χ3n) is 4.25. The van der Waals surface area contributed by atoms with Crippen molar-refractivity contribution < 1.29 is 19.1 Å². The molecule has 0 atom stereocenters. The van der Waals surface area contributed by atoms with Crippen molar-refractivity contribution in [1.29, 1.82) is 0 Å². The van der Waals surface area contributed by atoms with Crippen molar-refractivity contribution in [3.63, 3.8) is 0 Å². The minimum absolute atomic E-state index is 0.0148. The summed E-state index contributed by atoms with van der Waals surface area (Å²) in [5, 5.41) is 5.69. The van der Waals surface area contributed by atoms with Crippen LogP contribution in [0.4, 0.5) is 11.4 Å². The number of carbonyl (C=O) groups excluding carboxylic acids is 2. The van der Waals surface area contributed by atoms with Crippen LogP contribution < -0.4 is 20.1 Å². The monoisotopic (exact) mass is 352 g/mol. The Morgan fingerprint density at radius 1 is 0.962 bits per heavy atom. The van der Waals surface area contributed by atoms with Crippen LogP contribution in [-0.2, 0) is 4.79 Å². The topological polar surface area (TPSA) is 76.7 Å². The van der Waals surface area contributed by atoms with Crippen molar-refractivity contribution in [3.05, 3.63) is 48.0 Å². The Kier molecular flexibility index (Phi) is 3.83. The molecule has 2 aromatic carbocycles. The van der Waals surface area contributed by atoms with E-state index in [4.69, 9.17) is 9.47 Å². The number of benzene rings is 2. The molecule has 134 valence electrons. The molecule has 0 unspecified atom stereocenters. The van der Waals surface area contributed by atoms with Gasteiger partial charge in [-0.2, -0.15) is 0 Å². The van der Waals surface area contributed by atoms with E-state index in [1.54, 1.807) is 42.5 Å². The number of fused-ring (bicyclic) bond motifs is 1. The number of ether oxygens (including phenoxy) is 2. The molecule has 1 fully saturated rings. The van der Waals surface area contributed by atoms with Crippen LogP contribution in [0.2, 0.25) is 0 Å². The van der Waals surface area contributed by atoms with Crippen molar-refractivity contribution in [2.75, 3.05) is 10.6 Å². The molecule has 4 rings (SSSR count). The SMILES string of the molecule is CC1(C)Oc2ccc(NC(=O)c3cccc(NC(=O)C4CC4)c3)cc2O1. The summed E-state index contributed by atoms with van der Waals surface area (Å²) in [7, 11) is 0. The molecule has 6 heteroatoms. The second-order valence-corrected chi connectivity index (χ2v) is 7.06. The van der Waals surface area contributed by atoms with Crippen molar-refractivity contribution in [3.8, 4) is 11.5 Å². The van der Waals surface area contributed by atoms with Gasteiger partial charge in [0.2, 0.25) is 11.7 Å². The van der Waals surface area contributed by atoms with Crippen LogP contribution in [0.25, 0.3) is 0 Å². The Labute approximate surface area is 151 Å². The second-order valence-electron chi connectivity index (χ2n) is 7.06. The zero-order valence-corrected chi connectivity index (χ0v) is 14.7. The van der Waals surface area contributed by atoms with E-state index in [2.05, 4.69) is 10.6 Å². The van der Waals surface area contributed by atoms with Gasteiger partial charge in [-0.1, -0.05) is 6.07 Å². The minimum atomic E-state index is -0.709. The Balaban J connectivity index is 1.46. The summed E-state index contributed by atoms with van der Waals surface area (Å²) in [4.78, 5) is 24.4. The number of carbonyl (C=O) groups is 2. The molecule has 0 saturated heterocycles. The molecule has 2 aliphatic rings. The first-order valence-corrected chi connectivity index (χ1v) is 8.64. The molecule has 0 radical (unpaired) electrons. The van der Waals surface area contributed by atoms with Crippen LogP contribution in [0, 0.1) is 5.92 Å². The van der Waals surface area contributed by atoms with Gasteiger partial charge in [-0.05, 0) is 43.2 Å². The maximum Gasteiger partial charge on any atom is 0.255 e. The largest absolute Gasteiger partial charge is 0.449 e. The summed E-state index contributed by atoms with van der Waals surface area (Å²) in [6.45, 7) is 3.65. The van der Waals surface area contributed by atoms with Crippen molar-refractivity contribution >= 4 is 23.2 Å². The van der Waals surface area contributed by atoms with Gasteiger partial charge in [-0.3, -0.25) is 9.59 Å². The average molecular weight is 352 g/mol. The molecule has 0 bridgehead atoms. The van der Waals surface area contributed by atoms with E-state index >= 15 is 0 Å². The van der Waals surface area contributed by atoms with E-state index in [-0.39, 0.29) is 17.7 Å². The molecule has 1 saturated carbocycles. The van der Waals surface area contributed by atoms with E-state index in [9.17, 15) is 9.59 Å². The zero-order chi connectivity index (χ0) is 18.3. The van der Waals surface area contributed by atoms with Gasteiger partial charge >= 0.3 is 0 Å². The molecule has 2 amide bonds. The van der Waals surface area contributed by atoms with Gasteiger partial charge in [0.15, 0.2) is 11.5 Å². The quantitative estimate of drug-likeness (QED) is 0.878. The Morgan fingerprint density at radius 3 is 2.46 bits per heavy atom. The van der Waals surface area contributed by atoms with Crippen LogP contribution in [0.5, 0.6) is 11.5 Å². The summed E-state index contributed by atoms with van der Waals surface area (Å²) < 4.78 is 11.3.